The van der Waals surface area contributed by atoms with Crippen LogP contribution in [0.15, 0.2) is 30.5 Å². The molecule has 0 amide bonds. The van der Waals surface area contributed by atoms with Crippen LogP contribution in [0.5, 0.6) is 0 Å². The molecule has 1 atom stereocenters. The molecule has 0 N–H and O–H groups in total. The molecule has 0 saturated carbocycles. The smallest absolute Gasteiger partial charge is 0.166 e. The minimum absolute atomic E-state index is 0.129. The third-order valence-corrected chi connectivity index (χ3v) is 4.43. The van der Waals surface area contributed by atoms with Gasteiger partial charge in [0.05, 0.1) is 17.0 Å². The van der Waals surface area contributed by atoms with Crippen LogP contribution in [0.1, 0.15) is 35.1 Å². The molecule has 0 bridgehead atoms. The average Bonchev–Trinajstić information content (AvgIpc) is 2.85. The Morgan fingerprint density at radius 1 is 1.22 bits per heavy atom. The van der Waals surface area contributed by atoms with Gasteiger partial charge in [0, 0.05) is 18.2 Å². The van der Waals surface area contributed by atoms with Crippen LogP contribution < -0.4 is 0 Å². The lowest BCUT2D eigenvalue weighted by Crippen LogP contribution is -2.21. The number of benzene rings is 1. The molecule has 116 valence electrons. The first kappa shape index (κ1) is 14.1. The zero-order valence-electron chi connectivity index (χ0n) is 13.0. The number of ketones is 1. The highest BCUT2D eigenvalue weighted by molar-refractivity contribution is 5.98. The van der Waals surface area contributed by atoms with Gasteiger partial charge in [-0.3, -0.25) is 4.79 Å². The first-order chi connectivity index (χ1) is 11.0. The van der Waals surface area contributed by atoms with E-state index in [1.807, 2.05) is 6.92 Å². The Bertz CT molecular complexity index is 928. The summed E-state index contributed by atoms with van der Waals surface area (Å²) in [5.74, 6) is 0.164. The second-order valence-electron chi connectivity index (χ2n) is 6.26. The molecular formula is C18H16FN3O. The molecule has 0 saturated heterocycles. The number of nitrogens with zero attached hydrogens (tertiary/aromatic N) is 3. The van der Waals surface area contributed by atoms with Crippen molar-refractivity contribution in [2.45, 2.75) is 26.7 Å². The summed E-state index contributed by atoms with van der Waals surface area (Å²) in [6.45, 7) is 3.98. The molecule has 1 aliphatic rings. The van der Waals surface area contributed by atoms with Crippen LogP contribution in [0.4, 0.5) is 4.39 Å². The van der Waals surface area contributed by atoms with Gasteiger partial charge in [-0.1, -0.05) is 19.1 Å². The van der Waals surface area contributed by atoms with Crippen LogP contribution in [0.3, 0.4) is 0 Å². The predicted molar refractivity (Wildman–Crippen MR) is 84.9 cm³/mol. The lowest BCUT2D eigenvalue weighted by molar-refractivity contribution is 0.0951. The highest BCUT2D eigenvalue weighted by Gasteiger charge is 2.27. The summed E-state index contributed by atoms with van der Waals surface area (Å²) in [6, 6.07) is 6.33. The number of rotatable bonds is 1. The largest absolute Gasteiger partial charge is 0.294 e. The summed E-state index contributed by atoms with van der Waals surface area (Å²) in [6.07, 6.45) is 3.03. The number of Topliss-reactive ketones (excluding diaryl/α,β-unsaturated/α-hetero) is 1. The van der Waals surface area contributed by atoms with E-state index in [9.17, 15) is 9.18 Å². The molecule has 3 aromatic rings. The maximum Gasteiger partial charge on any atom is 0.166 e. The van der Waals surface area contributed by atoms with Gasteiger partial charge in [-0.25, -0.2) is 13.9 Å². The Morgan fingerprint density at radius 2 is 1.96 bits per heavy atom. The second-order valence-corrected chi connectivity index (χ2v) is 6.26. The molecule has 1 aliphatic carbocycles. The zero-order chi connectivity index (χ0) is 16.1. The van der Waals surface area contributed by atoms with Crippen LogP contribution >= 0.6 is 0 Å². The Balaban J connectivity index is 1.98. The van der Waals surface area contributed by atoms with Crippen molar-refractivity contribution >= 4 is 11.4 Å². The van der Waals surface area contributed by atoms with Crippen molar-refractivity contribution in [3.63, 3.8) is 0 Å². The predicted octanol–water partition coefficient (Wildman–Crippen LogP) is 3.61. The van der Waals surface area contributed by atoms with Crippen molar-refractivity contribution in [3.05, 3.63) is 53.2 Å². The van der Waals surface area contributed by atoms with E-state index in [1.165, 1.54) is 12.1 Å². The fourth-order valence-corrected chi connectivity index (χ4v) is 3.35. The number of carbonyl (C=O) groups is 1. The molecule has 4 nitrogen and oxygen atoms in total. The molecule has 0 fully saturated rings. The van der Waals surface area contributed by atoms with Gasteiger partial charge in [-0.2, -0.15) is 5.10 Å². The van der Waals surface area contributed by atoms with Gasteiger partial charge in [0.25, 0.3) is 0 Å². The molecular weight excluding hydrogens is 293 g/mol. The van der Waals surface area contributed by atoms with Crippen molar-refractivity contribution in [3.8, 4) is 11.1 Å². The first-order valence-corrected chi connectivity index (χ1v) is 7.71. The summed E-state index contributed by atoms with van der Waals surface area (Å²) in [5.41, 5.74) is 4.90. The maximum atomic E-state index is 13.2. The van der Waals surface area contributed by atoms with Crippen LogP contribution in [-0.4, -0.2) is 20.4 Å². The Kier molecular flexibility index (Phi) is 3.04. The summed E-state index contributed by atoms with van der Waals surface area (Å²) < 4.78 is 15.0. The monoisotopic (exact) mass is 309 g/mol. The Labute approximate surface area is 133 Å². The topological polar surface area (TPSA) is 47.3 Å². The van der Waals surface area contributed by atoms with Gasteiger partial charge in [-0.15, -0.1) is 0 Å². The van der Waals surface area contributed by atoms with Gasteiger partial charge in [0.2, 0.25) is 0 Å². The van der Waals surface area contributed by atoms with Crippen LogP contribution in [0.2, 0.25) is 0 Å². The van der Waals surface area contributed by atoms with Gasteiger partial charge < -0.3 is 0 Å². The van der Waals surface area contributed by atoms with Crippen molar-refractivity contribution in [2.24, 2.45) is 5.92 Å². The summed E-state index contributed by atoms with van der Waals surface area (Å²) >= 11 is 0. The number of fused-ring (bicyclic) bond motifs is 3. The van der Waals surface area contributed by atoms with E-state index in [0.717, 1.165) is 34.6 Å². The van der Waals surface area contributed by atoms with Gasteiger partial charge in [0.1, 0.15) is 5.82 Å². The number of aryl methyl sites for hydroxylation is 1. The number of carbonyl (C=O) groups excluding carboxylic acids is 1. The number of halogens is 1. The van der Waals surface area contributed by atoms with Crippen LogP contribution in [0, 0.1) is 18.7 Å². The van der Waals surface area contributed by atoms with E-state index in [2.05, 4.69) is 17.0 Å². The quantitative estimate of drug-likeness (QED) is 0.690. The standard InChI is InChI=1S/C18H16FN3O/c1-10-7-15-14(16(23)8-10)9-20-18-17(11(2)21-22(15)18)12-3-5-13(19)6-4-12/h3-6,9-10H,7-8H2,1-2H3/t10-/m1/s1. The second kappa shape index (κ2) is 4.98. The number of hydrogen-bond donors (Lipinski definition) is 0. The minimum Gasteiger partial charge on any atom is -0.294 e. The molecule has 5 heteroatoms. The number of aromatic nitrogens is 3. The van der Waals surface area contributed by atoms with Crippen molar-refractivity contribution < 1.29 is 9.18 Å². The Morgan fingerprint density at radius 3 is 2.70 bits per heavy atom. The van der Waals surface area contributed by atoms with Gasteiger partial charge in [-0.05, 0) is 37.0 Å². The highest BCUT2D eigenvalue weighted by atomic mass is 19.1. The van der Waals surface area contributed by atoms with E-state index >= 15 is 0 Å². The van der Waals surface area contributed by atoms with E-state index < -0.39 is 0 Å². The van der Waals surface area contributed by atoms with E-state index in [0.29, 0.717) is 17.9 Å². The maximum absolute atomic E-state index is 13.2. The third kappa shape index (κ3) is 2.15. The molecule has 0 unspecified atom stereocenters. The van der Waals surface area contributed by atoms with E-state index in [4.69, 9.17) is 0 Å². The van der Waals surface area contributed by atoms with Crippen LogP contribution in [0.25, 0.3) is 16.8 Å². The lowest BCUT2D eigenvalue weighted by Gasteiger charge is -2.20. The Hall–Kier alpha value is -2.56. The molecule has 2 heterocycles. The normalized spacial score (nSPS) is 17.5. The molecule has 23 heavy (non-hydrogen) atoms. The third-order valence-electron chi connectivity index (χ3n) is 4.43. The molecule has 0 radical (unpaired) electrons. The average molecular weight is 309 g/mol. The van der Waals surface area contributed by atoms with Gasteiger partial charge >= 0.3 is 0 Å². The van der Waals surface area contributed by atoms with Crippen molar-refractivity contribution in [1.82, 2.24) is 14.6 Å². The molecule has 2 aromatic heterocycles. The van der Waals surface area contributed by atoms with E-state index in [1.54, 1.807) is 22.8 Å². The van der Waals surface area contributed by atoms with Gasteiger partial charge in [0.15, 0.2) is 11.4 Å². The summed E-state index contributed by atoms with van der Waals surface area (Å²) in [7, 11) is 0. The van der Waals surface area contributed by atoms with Crippen LogP contribution in [-0.2, 0) is 6.42 Å². The summed E-state index contributed by atoms with van der Waals surface area (Å²) in [5, 5.41) is 4.60. The fraction of sp³-hybridized carbons (Fsp3) is 0.278. The van der Waals surface area contributed by atoms with E-state index in [-0.39, 0.29) is 11.6 Å². The number of hydrogen-bond acceptors (Lipinski definition) is 3. The van der Waals surface area contributed by atoms with Crippen molar-refractivity contribution in [2.75, 3.05) is 0 Å². The SMILES string of the molecule is Cc1nn2c3c(cnc2c1-c1ccc(F)cc1)C(=O)C[C@H](C)C3. The molecule has 4 rings (SSSR count). The lowest BCUT2D eigenvalue weighted by atomic mass is 9.88. The highest BCUT2D eigenvalue weighted by Crippen LogP contribution is 2.31. The minimum atomic E-state index is -0.271. The molecule has 1 aromatic carbocycles. The first-order valence-electron chi connectivity index (χ1n) is 7.71. The molecule has 0 aliphatic heterocycles. The molecule has 0 spiro atoms. The zero-order valence-corrected chi connectivity index (χ0v) is 13.0. The fourth-order valence-electron chi connectivity index (χ4n) is 3.35. The summed E-state index contributed by atoms with van der Waals surface area (Å²) in [4.78, 5) is 16.7. The van der Waals surface area contributed by atoms with Crippen molar-refractivity contribution in [1.29, 1.82) is 0 Å².